The van der Waals surface area contributed by atoms with Crippen LogP contribution in [0.5, 0.6) is 5.75 Å². The average molecular weight is 405 g/mol. The van der Waals surface area contributed by atoms with Crippen molar-refractivity contribution in [2.24, 2.45) is 0 Å². The first-order valence-electron chi connectivity index (χ1n) is 11.9. The van der Waals surface area contributed by atoms with Crippen LogP contribution in [-0.4, -0.2) is 12.9 Å². The number of methoxy groups -OCH3 is 1. The molecule has 1 rings (SSSR count). The maximum atomic E-state index is 12.4. The molecule has 4 heteroatoms. The molecule has 0 aliphatic heterocycles. The number of carbonyl (C=O) groups is 1. The Bertz CT molecular complexity index is 549. The molecule has 0 unspecified atom stereocenters. The van der Waals surface area contributed by atoms with Gasteiger partial charge in [0.05, 0.1) is 12.7 Å². The van der Waals surface area contributed by atoms with Gasteiger partial charge in [-0.05, 0) is 6.42 Å². The lowest BCUT2D eigenvalue weighted by Crippen LogP contribution is -2.08. The first kappa shape index (κ1) is 25.3. The van der Waals surface area contributed by atoms with E-state index in [1.165, 1.54) is 83.5 Å². The molecule has 4 N–H and O–H groups in total. The molecule has 0 fully saturated rings. The molecule has 0 heterocycles. The Morgan fingerprint density at radius 3 is 1.48 bits per heavy atom. The lowest BCUT2D eigenvalue weighted by Gasteiger charge is -2.10. The number of hydrogen-bond acceptors (Lipinski definition) is 4. The van der Waals surface area contributed by atoms with Crippen molar-refractivity contribution in [3.8, 4) is 5.75 Å². The smallest absolute Gasteiger partial charge is 0.167 e. The number of nitrogens with two attached hydrogens (primary N) is 2. The maximum Gasteiger partial charge on any atom is 0.167 e. The third-order valence-corrected chi connectivity index (χ3v) is 5.69. The zero-order valence-electron chi connectivity index (χ0n) is 18.9. The summed E-state index contributed by atoms with van der Waals surface area (Å²) in [7, 11) is 1.56. The predicted molar refractivity (Wildman–Crippen MR) is 126 cm³/mol. The van der Waals surface area contributed by atoms with Crippen molar-refractivity contribution in [3.63, 3.8) is 0 Å². The van der Waals surface area contributed by atoms with Gasteiger partial charge in [-0.1, -0.05) is 96.8 Å². The number of rotatable bonds is 18. The van der Waals surface area contributed by atoms with Gasteiger partial charge in [-0.2, -0.15) is 0 Å². The predicted octanol–water partition coefficient (Wildman–Crippen LogP) is 7.30. The van der Waals surface area contributed by atoms with Crippen LogP contribution < -0.4 is 16.2 Å². The lowest BCUT2D eigenvalue weighted by atomic mass is 10.00. The molecule has 0 spiro atoms. The van der Waals surface area contributed by atoms with Gasteiger partial charge in [-0.15, -0.1) is 0 Å². The largest absolute Gasteiger partial charge is 0.497 e. The van der Waals surface area contributed by atoms with Crippen molar-refractivity contribution in [3.05, 3.63) is 17.7 Å². The second-order valence-electron chi connectivity index (χ2n) is 8.30. The third kappa shape index (κ3) is 11.2. The Hall–Kier alpha value is -1.71. The lowest BCUT2D eigenvalue weighted by molar-refractivity contribution is 0.0981. The van der Waals surface area contributed by atoms with Gasteiger partial charge in [0.2, 0.25) is 0 Å². The van der Waals surface area contributed by atoms with Crippen LogP contribution in [0.2, 0.25) is 0 Å². The molecule has 1 aromatic carbocycles. The van der Waals surface area contributed by atoms with E-state index in [0.29, 0.717) is 29.1 Å². The van der Waals surface area contributed by atoms with E-state index in [0.717, 1.165) is 12.8 Å². The van der Waals surface area contributed by atoms with E-state index in [-0.39, 0.29) is 5.78 Å². The van der Waals surface area contributed by atoms with E-state index in [1.54, 1.807) is 19.2 Å². The summed E-state index contributed by atoms with van der Waals surface area (Å²) in [6.07, 6.45) is 20.3. The van der Waals surface area contributed by atoms with Crippen LogP contribution in [0.15, 0.2) is 12.1 Å². The van der Waals surface area contributed by atoms with Crippen LogP contribution in [0.25, 0.3) is 0 Å². The van der Waals surface area contributed by atoms with Gasteiger partial charge in [-0.3, -0.25) is 4.79 Å². The van der Waals surface area contributed by atoms with E-state index < -0.39 is 0 Å². The minimum absolute atomic E-state index is 0.0392. The van der Waals surface area contributed by atoms with Crippen molar-refractivity contribution < 1.29 is 9.53 Å². The van der Waals surface area contributed by atoms with E-state index in [9.17, 15) is 4.79 Å². The van der Waals surface area contributed by atoms with Gasteiger partial charge in [0.15, 0.2) is 5.78 Å². The zero-order valence-corrected chi connectivity index (χ0v) is 18.9. The summed E-state index contributed by atoms with van der Waals surface area (Å²) >= 11 is 0. The Balaban J connectivity index is 1.99. The van der Waals surface area contributed by atoms with Gasteiger partial charge in [0.1, 0.15) is 5.75 Å². The Morgan fingerprint density at radius 1 is 0.724 bits per heavy atom. The fraction of sp³-hybridized carbons (Fsp3) is 0.720. The SMILES string of the molecule is CCCCCCCCCCCCCCCCCC(=O)c1c(N)cc(OC)cc1N. The van der Waals surface area contributed by atoms with Crippen LogP contribution in [0.1, 0.15) is 120 Å². The van der Waals surface area contributed by atoms with Crippen molar-refractivity contribution in [2.45, 2.75) is 110 Å². The number of unbranched alkanes of at least 4 members (excludes halogenated alkanes) is 14. The minimum atomic E-state index is 0.0392. The standard InChI is InChI=1S/C25H44N2O2/c1-3-4-5-6-7-8-9-10-11-12-13-14-15-16-17-18-24(28)25-22(26)19-21(29-2)20-23(25)27/h19-20H,3-18,26-27H2,1-2H3. The molecule has 0 saturated heterocycles. The summed E-state index contributed by atoms with van der Waals surface area (Å²) < 4.78 is 5.13. The first-order chi connectivity index (χ1) is 14.1. The van der Waals surface area contributed by atoms with E-state index in [4.69, 9.17) is 16.2 Å². The summed E-state index contributed by atoms with van der Waals surface area (Å²) in [4.78, 5) is 12.4. The number of anilines is 2. The summed E-state index contributed by atoms with van der Waals surface area (Å²) in [5.74, 6) is 0.626. The molecular weight excluding hydrogens is 360 g/mol. The van der Waals surface area contributed by atoms with Crippen molar-refractivity contribution in [1.82, 2.24) is 0 Å². The highest BCUT2D eigenvalue weighted by Gasteiger charge is 2.14. The molecule has 0 atom stereocenters. The minimum Gasteiger partial charge on any atom is -0.497 e. The highest BCUT2D eigenvalue weighted by Crippen LogP contribution is 2.28. The third-order valence-electron chi connectivity index (χ3n) is 5.69. The number of carbonyl (C=O) groups excluding carboxylic acids is 1. The van der Waals surface area contributed by atoms with Gasteiger partial charge in [-0.25, -0.2) is 0 Å². The molecule has 166 valence electrons. The molecule has 0 aliphatic carbocycles. The first-order valence-corrected chi connectivity index (χ1v) is 11.9. The van der Waals surface area contributed by atoms with E-state index >= 15 is 0 Å². The second-order valence-corrected chi connectivity index (χ2v) is 8.30. The average Bonchev–Trinajstić information content (AvgIpc) is 2.70. The number of ether oxygens (including phenoxy) is 1. The zero-order chi connectivity index (χ0) is 21.3. The molecule has 29 heavy (non-hydrogen) atoms. The highest BCUT2D eigenvalue weighted by atomic mass is 16.5. The molecule has 0 aromatic heterocycles. The summed E-state index contributed by atoms with van der Waals surface area (Å²) in [6, 6.07) is 3.33. The van der Waals surface area contributed by atoms with Gasteiger partial charge in [0.25, 0.3) is 0 Å². The number of hydrogen-bond donors (Lipinski definition) is 2. The Kier molecular flexibility index (Phi) is 14.1. The van der Waals surface area contributed by atoms with Crippen molar-refractivity contribution in [1.29, 1.82) is 0 Å². The van der Waals surface area contributed by atoms with Gasteiger partial charge in [0, 0.05) is 29.9 Å². The van der Waals surface area contributed by atoms with Gasteiger partial charge < -0.3 is 16.2 Å². The normalized spacial score (nSPS) is 11.0. The summed E-state index contributed by atoms with van der Waals surface area (Å²) in [5.41, 5.74) is 13.2. The molecule has 0 amide bonds. The number of benzene rings is 1. The van der Waals surface area contributed by atoms with Crippen LogP contribution in [0, 0.1) is 0 Å². The van der Waals surface area contributed by atoms with Crippen molar-refractivity contribution in [2.75, 3.05) is 18.6 Å². The Labute approximate surface area is 178 Å². The highest BCUT2D eigenvalue weighted by molar-refractivity contribution is 6.05. The summed E-state index contributed by atoms with van der Waals surface area (Å²) in [6.45, 7) is 2.27. The molecule has 0 bridgehead atoms. The Morgan fingerprint density at radius 2 is 1.10 bits per heavy atom. The molecule has 0 aliphatic rings. The summed E-state index contributed by atoms with van der Waals surface area (Å²) in [5, 5.41) is 0. The number of nitrogen functional groups attached to an aromatic ring is 2. The van der Waals surface area contributed by atoms with Crippen molar-refractivity contribution >= 4 is 17.2 Å². The monoisotopic (exact) mass is 404 g/mol. The fourth-order valence-corrected chi connectivity index (χ4v) is 3.88. The number of ketones is 1. The van der Waals surface area contributed by atoms with Crippen LogP contribution >= 0.6 is 0 Å². The quantitative estimate of drug-likeness (QED) is 0.153. The van der Waals surface area contributed by atoms with Crippen LogP contribution in [0.4, 0.5) is 11.4 Å². The molecule has 1 aromatic rings. The molecule has 0 radical (unpaired) electrons. The fourth-order valence-electron chi connectivity index (χ4n) is 3.88. The maximum absolute atomic E-state index is 12.4. The van der Waals surface area contributed by atoms with Crippen LogP contribution in [-0.2, 0) is 0 Å². The van der Waals surface area contributed by atoms with Gasteiger partial charge >= 0.3 is 0 Å². The topological polar surface area (TPSA) is 78.3 Å². The van der Waals surface area contributed by atoms with E-state index in [2.05, 4.69) is 6.92 Å². The second kappa shape index (κ2) is 16.1. The molecule has 4 nitrogen and oxygen atoms in total. The molecule has 0 saturated carbocycles. The van der Waals surface area contributed by atoms with E-state index in [1.807, 2.05) is 0 Å². The molecular formula is C25H44N2O2. The number of Topliss-reactive ketones (excluding diaryl/α,β-unsaturated/α-hetero) is 1. The van der Waals surface area contributed by atoms with Crippen LogP contribution in [0.3, 0.4) is 0 Å².